The number of nitrogens with zero attached hydrogens (tertiary/aromatic N) is 1. The molecule has 0 saturated carbocycles. The van der Waals surface area contributed by atoms with E-state index >= 15 is 0 Å². The minimum absolute atomic E-state index is 0.223. The van der Waals surface area contributed by atoms with E-state index in [0.29, 0.717) is 18.7 Å². The van der Waals surface area contributed by atoms with Gasteiger partial charge >= 0.3 is 6.09 Å². The smallest absolute Gasteiger partial charge is 0.407 e. The number of carboxylic acid groups (broad SMARTS) is 1. The molecule has 0 unspecified atom stereocenters. The van der Waals surface area contributed by atoms with Crippen LogP contribution in [0.2, 0.25) is 0 Å². The molecule has 8 heteroatoms. The second-order valence-corrected chi connectivity index (χ2v) is 5.45. The first-order valence-corrected chi connectivity index (χ1v) is 6.96. The van der Waals surface area contributed by atoms with E-state index in [-0.39, 0.29) is 5.91 Å². The molecule has 0 aliphatic heterocycles. The van der Waals surface area contributed by atoms with Crippen LogP contribution in [-0.4, -0.2) is 46.8 Å². The van der Waals surface area contributed by atoms with E-state index in [1.54, 1.807) is 39.1 Å². The molecule has 0 saturated heterocycles. The molecule has 0 bridgehead atoms. The van der Waals surface area contributed by atoms with E-state index in [9.17, 15) is 9.59 Å². The number of hydrogen-bond acceptors (Lipinski definition) is 5. The molecule has 2 amide bonds. The molecule has 1 heterocycles. The third kappa shape index (κ3) is 12.8. The highest BCUT2D eigenvalue weighted by Crippen LogP contribution is 2.05. The van der Waals surface area contributed by atoms with Crippen molar-refractivity contribution >= 4 is 18.0 Å². The molecule has 1 aromatic heterocycles. The van der Waals surface area contributed by atoms with Crippen molar-refractivity contribution in [3.8, 4) is 0 Å². The number of alkyl carbamates (subject to hydrolysis) is 1. The van der Waals surface area contributed by atoms with E-state index in [0.717, 1.165) is 6.92 Å². The van der Waals surface area contributed by atoms with Crippen LogP contribution in [0.4, 0.5) is 4.79 Å². The van der Waals surface area contributed by atoms with Crippen LogP contribution in [0.3, 0.4) is 0 Å². The lowest BCUT2D eigenvalue weighted by Crippen LogP contribution is -2.37. The Morgan fingerprint density at radius 2 is 1.78 bits per heavy atom. The van der Waals surface area contributed by atoms with Crippen LogP contribution in [0.1, 0.15) is 38.1 Å². The molecule has 0 atom stereocenters. The summed E-state index contributed by atoms with van der Waals surface area (Å²) in [6.45, 7) is 7.08. The van der Waals surface area contributed by atoms with Gasteiger partial charge in [-0.25, -0.2) is 4.79 Å². The molecule has 0 fully saturated rings. The minimum atomic E-state index is -0.833. The number of aliphatic carboxylic acids is 1. The molecule has 0 aromatic carbocycles. The summed E-state index contributed by atoms with van der Waals surface area (Å²) in [5.74, 6) is -1.06. The Morgan fingerprint density at radius 3 is 2.26 bits per heavy atom. The number of ether oxygens (including phenoxy) is 1. The first-order valence-electron chi connectivity index (χ1n) is 6.96. The van der Waals surface area contributed by atoms with Crippen molar-refractivity contribution in [2.75, 3.05) is 13.1 Å². The predicted molar refractivity (Wildman–Crippen MR) is 84.1 cm³/mol. The minimum Gasteiger partial charge on any atom is -0.481 e. The Kier molecular flexibility index (Phi) is 8.98. The maximum absolute atomic E-state index is 11.6. The van der Waals surface area contributed by atoms with Crippen molar-refractivity contribution in [3.05, 3.63) is 30.1 Å². The first-order chi connectivity index (χ1) is 10.6. The van der Waals surface area contributed by atoms with Gasteiger partial charge in [-0.1, -0.05) is 0 Å². The largest absolute Gasteiger partial charge is 0.481 e. The van der Waals surface area contributed by atoms with Gasteiger partial charge in [0.1, 0.15) is 5.60 Å². The van der Waals surface area contributed by atoms with Gasteiger partial charge in [-0.2, -0.15) is 0 Å². The van der Waals surface area contributed by atoms with Crippen molar-refractivity contribution in [1.29, 1.82) is 0 Å². The fourth-order valence-electron chi connectivity index (χ4n) is 1.25. The van der Waals surface area contributed by atoms with E-state index in [4.69, 9.17) is 14.6 Å². The Bertz CT molecular complexity index is 508. The predicted octanol–water partition coefficient (Wildman–Crippen LogP) is 1.43. The zero-order valence-electron chi connectivity index (χ0n) is 13.8. The van der Waals surface area contributed by atoms with Crippen LogP contribution in [-0.2, 0) is 9.53 Å². The van der Waals surface area contributed by atoms with Gasteiger partial charge in [0.05, 0.1) is 5.56 Å². The lowest BCUT2D eigenvalue weighted by Gasteiger charge is -2.19. The lowest BCUT2D eigenvalue weighted by atomic mass is 10.2. The Hall–Kier alpha value is -2.64. The van der Waals surface area contributed by atoms with Crippen LogP contribution in [0.5, 0.6) is 0 Å². The second-order valence-electron chi connectivity index (χ2n) is 5.45. The number of carboxylic acids is 1. The SMILES string of the molecule is CC(=O)O.CC(C)(C)OC(=O)NCCNC(=O)c1cccnc1. The highest BCUT2D eigenvalue weighted by molar-refractivity contribution is 5.93. The summed E-state index contributed by atoms with van der Waals surface area (Å²) < 4.78 is 5.06. The standard InChI is InChI=1S/C13H19N3O3.C2H4O2/c1-13(2,3)19-12(18)16-8-7-15-11(17)10-5-4-6-14-9-10;1-2(3)4/h4-6,9H,7-8H2,1-3H3,(H,15,17)(H,16,18);1H3,(H,3,4). The van der Waals surface area contributed by atoms with Gasteiger partial charge in [0, 0.05) is 32.4 Å². The normalized spacial score (nSPS) is 9.91. The highest BCUT2D eigenvalue weighted by Gasteiger charge is 2.15. The van der Waals surface area contributed by atoms with Gasteiger partial charge in [0.15, 0.2) is 0 Å². The fourth-order valence-corrected chi connectivity index (χ4v) is 1.25. The summed E-state index contributed by atoms with van der Waals surface area (Å²) in [5, 5.41) is 12.6. The van der Waals surface area contributed by atoms with E-state index in [1.165, 1.54) is 6.20 Å². The number of pyridine rings is 1. The number of rotatable bonds is 4. The molecular weight excluding hydrogens is 302 g/mol. The topological polar surface area (TPSA) is 118 Å². The average Bonchev–Trinajstić information content (AvgIpc) is 2.42. The molecule has 0 radical (unpaired) electrons. The summed E-state index contributed by atoms with van der Waals surface area (Å²) in [5.41, 5.74) is -0.0389. The maximum Gasteiger partial charge on any atom is 0.407 e. The van der Waals surface area contributed by atoms with Gasteiger partial charge in [-0.3, -0.25) is 14.6 Å². The van der Waals surface area contributed by atoms with Gasteiger partial charge in [0.25, 0.3) is 11.9 Å². The van der Waals surface area contributed by atoms with Gasteiger partial charge in [-0.15, -0.1) is 0 Å². The molecular formula is C15H23N3O5. The lowest BCUT2D eigenvalue weighted by molar-refractivity contribution is -0.134. The Balaban J connectivity index is 0.00000108. The van der Waals surface area contributed by atoms with Crippen LogP contribution < -0.4 is 10.6 Å². The number of hydrogen-bond donors (Lipinski definition) is 3. The van der Waals surface area contributed by atoms with Gasteiger partial charge in [-0.05, 0) is 32.9 Å². The molecule has 0 aliphatic carbocycles. The van der Waals surface area contributed by atoms with Crippen molar-refractivity contribution in [2.45, 2.75) is 33.3 Å². The summed E-state index contributed by atoms with van der Waals surface area (Å²) >= 11 is 0. The number of carbonyl (C=O) groups excluding carboxylic acids is 2. The maximum atomic E-state index is 11.6. The van der Waals surface area contributed by atoms with Crippen molar-refractivity contribution < 1.29 is 24.2 Å². The Labute approximate surface area is 135 Å². The summed E-state index contributed by atoms with van der Waals surface area (Å²) in [6, 6.07) is 3.36. The van der Waals surface area contributed by atoms with Crippen molar-refractivity contribution in [2.24, 2.45) is 0 Å². The fraction of sp³-hybridized carbons (Fsp3) is 0.467. The zero-order chi connectivity index (χ0) is 17.9. The average molecular weight is 325 g/mol. The van der Waals surface area contributed by atoms with Crippen LogP contribution in [0.15, 0.2) is 24.5 Å². The number of nitrogens with one attached hydrogen (secondary N) is 2. The van der Waals surface area contributed by atoms with E-state index in [2.05, 4.69) is 15.6 Å². The molecule has 0 aliphatic rings. The van der Waals surface area contributed by atoms with Crippen molar-refractivity contribution in [1.82, 2.24) is 15.6 Å². The van der Waals surface area contributed by atoms with E-state index < -0.39 is 17.7 Å². The highest BCUT2D eigenvalue weighted by atomic mass is 16.6. The number of amides is 2. The number of carbonyl (C=O) groups is 3. The summed E-state index contributed by atoms with van der Waals surface area (Å²) in [4.78, 5) is 35.8. The first kappa shape index (κ1) is 20.4. The van der Waals surface area contributed by atoms with Crippen LogP contribution >= 0.6 is 0 Å². The van der Waals surface area contributed by atoms with Crippen molar-refractivity contribution in [3.63, 3.8) is 0 Å². The number of aromatic nitrogens is 1. The third-order valence-corrected chi connectivity index (χ3v) is 2.00. The van der Waals surface area contributed by atoms with Gasteiger partial charge < -0.3 is 20.5 Å². The molecule has 1 aromatic rings. The summed E-state index contributed by atoms with van der Waals surface area (Å²) in [7, 11) is 0. The quantitative estimate of drug-likeness (QED) is 0.721. The second kappa shape index (κ2) is 10.1. The van der Waals surface area contributed by atoms with Crippen LogP contribution in [0, 0.1) is 0 Å². The summed E-state index contributed by atoms with van der Waals surface area (Å²) in [6.07, 6.45) is 2.58. The molecule has 8 nitrogen and oxygen atoms in total. The van der Waals surface area contributed by atoms with Gasteiger partial charge in [0.2, 0.25) is 0 Å². The third-order valence-electron chi connectivity index (χ3n) is 2.00. The molecule has 3 N–H and O–H groups in total. The molecule has 128 valence electrons. The monoisotopic (exact) mass is 325 g/mol. The van der Waals surface area contributed by atoms with E-state index in [1.807, 2.05) is 0 Å². The molecule has 1 rings (SSSR count). The van der Waals surface area contributed by atoms with Crippen LogP contribution in [0.25, 0.3) is 0 Å². The zero-order valence-corrected chi connectivity index (χ0v) is 13.8. The molecule has 0 spiro atoms. The molecule has 23 heavy (non-hydrogen) atoms. The Morgan fingerprint density at radius 1 is 1.22 bits per heavy atom.